The van der Waals surface area contributed by atoms with Crippen molar-refractivity contribution < 1.29 is 14.4 Å². The minimum atomic E-state index is -0.558. The molecule has 0 aromatic heterocycles. The van der Waals surface area contributed by atoms with Gasteiger partial charge in [-0.25, -0.2) is 0 Å². The molecule has 158 valence electrons. The molecular weight excluding hydrogens is 392 g/mol. The number of anilines is 3. The molecule has 0 aliphatic carbocycles. The molecule has 3 amide bonds. The summed E-state index contributed by atoms with van der Waals surface area (Å²) in [5, 5.41) is 5.72. The highest BCUT2D eigenvalue weighted by Gasteiger charge is 2.15. The van der Waals surface area contributed by atoms with Crippen LogP contribution in [0.3, 0.4) is 0 Å². The van der Waals surface area contributed by atoms with E-state index in [0.29, 0.717) is 29.0 Å². The van der Waals surface area contributed by atoms with E-state index < -0.39 is 5.91 Å². The van der Waals surface area contributed by atoms with E-state index in [4.69, 9.17) is 5.73 Å². The summed E-state index contributed by atoms with van der Waals surface area (Å²) < 4.78 is 0. The maximum absolute atomic E-state index is 12.8. The fourth-order valence-corrected chi connectivity index (χ4v) is 3.08. The number of amides is 3. The Hall–Kier alpha value is -4.13. The lowest BCUT2D eigenvalue weighted by Gasteiger charge is -2.21. The number of para-hydroxylation sites is 1. The van der Waals surface area contributed by atoms with Crippen molar-refractivity contribution in [2.45, 2.75) is 6.92 Å². The molecule has 0 radical (unpaired) electrons. The maximum Gasteiger partial charge on any atom is 0.258 e. The first kappa shape index (κ1) is 21.6. The minimum Gasteiger partial charge on any atom is -0.376 e. The number of nitrogens with zero attached hydrogens (tertiary/aromatic N) is 1. The van der Waals surface area contributed by atoms with Crippen LogP contribution >= 0.6 is 0 Å². The van der Waals surface area contributed by atoms with Gasteiger partial charge in [-0.15, -0.1) is 0 Å². The van der Waals surface area contributed by atoms with Gasteiger partial charge in [0.05, 0.1) is 6.54 Å². The number of hydrogen-bond acceptors (Lipinski definition) is 4. The van der Waals surface area contributed by atoms with E-state index >= 15 is 0 Å². The van der Waals surface area contributed by atoms with E-state index in [9.17, 15) is 14.4 Å². The number of rotatable bonds is 8. The largest absolute Gasteiger partial charge is 0.376 e. The Morgan fingerprint density at radius 2 is 1.55 bits per heavy atom. The number of primary amides is 1. The summed E-state index contributed by atoms with van der Waals surface area (Å²) in [6.45, 7) is 2.51. The molecule has 0 saturated carbocycles. The highest BCUT2D eigenvalue weighted by Crippen LogP contribution is 2.18. The number of nitrogens with one attached hydrogen (secondary N) is 2. The van der Waals surface area contributed by atoms with E-state index in [-0.39, 0.29) is 18.4 Å². The van der Waals surface area contributed by atoms with Crippen molar-refractivity contribution in [1.82, 2.24) is 0 Å². The van der Waals surface area contributed by atoms with Crippen LogP contribution in [-0.2, 0) is 4.79 Å². The molecule has 0 fully saturated rings. The summed E-state index contributed by atoms with van der Waals surface area (Å²) in [5.74, 6) is -0.923. The smallest absolute Gasteiger partial charge is 0.258 e. The molecule has 4 N–H and O–H groups in total. The molecule has 0 heterocycles. The van der Waals surface area contributed by atoms with E-state index in [1.165, 1.54) is 6.07 Å². The summed E-state index contributed by atoms with van der Waals surface area (Å²) in [7, 11) is 0. The topological polar surface area (TPSA) is 105 Å². The molecule has 3 rings (SSSR count). The van der Waals surface area contributed by atoms with E-state index in [0.717, 1.165) is 5.69 Å². The van der Waals surface area contributed by atoms with Crippen LogP contribution in [0.5, 0.6) is 0 Å². The van der Waals surface area contributed by atoms with Crippen LogP contribution < -0.4 is 21.3 Å². The van der Waals surface area contributed by atoms with Crippen molar-refractivity contribution in [2.75, 3.05) is 28.6 Å². The Labute approximate surface area is 180 Å². The first-order valence-corrected chi connectivity index (χ1v) is 9.88. The summed E-state index contributed by atoms with van der Waals surface area (Å²) in [4.78, 5) is 38.0. The van der Waals surface area contributed by atoms with Gasteiger partial charge in [-0.1, -0.05) is 24.3 Å². The van der Waals surface area contributed by atoms with E-state index in [1.807, 2.05) is 37.3 Å². The maximum atomic E-state index is 12.8. The third-order valence-electron chi connectivity index (χ3n) is 4.65. The highest BCUT2D eigenvalue weighted by atomic mass is 16.2. The van der Waals surface area contributed by atoms with Gasteiger partial charge in [-0.3, -0.25) is 14.4 Å². The number of carbonyl (C=O) groups excluding carboxylic acids is 3. The fourth-order valence-electron chi connectivity index (χ4n) is 3.08. The Morgan fingerprint density at radius 3 is 2.19 bits per heavy atom. The summed E-state index contributed by atoms with van der Waals surface area (Å²) in [6, 6.07) is 22.9. The quantitative estimate of drug-likeness (QED) is 0.523. The number of hydrogen-bond donors (Lipinski definition) is 3. The standard InChI is InChI=1S/C24H24N4O3/c1-2-28(21-9-4-3-5-10-21)24(31)17-11-13-19(14-12-17)26-16-22(29)27-20-8-6-7-18(15-20)23(25)30/h3-15,26H,2,16H2,1H3,(H2,25,30)(H,27,29). The molecule has 0 aliphatic rings. The van der Waals surface area contributed by atoms with Gasteiger partial charge >= 0.3 is 0 Å². The van der Waals surface area contributed by atoms with Crippen molar-refractivity contribution >= 4 is 34.8 Å². The molecule has 3 aromatic rings. The predicted molar refractivity (Wildman–Crippen MR) is 122 cm³/mol. The zero-order valence-electron chi connectivity index (χ0n) is 17.2. The molecule has 31 heavy (non-hydrogen) atoms. The lowest BCUT2D eigenvalue weighted by molar-refractivity contribution is -0.114. The molecule has 0 unspecified atom stereocenters. The van der Waals surface area contributed by atoms with Crippen LogP contribution in [0.1, 0.15) is 27.6 Å². The van der Waals surface area contributed by atoms with Gasteiger partial charge in [0.1, 0.15) is 0 Å². The highest BCUT2D eigenvalue weighted by molar-refractivity contribution is 6.06. The minimum absolute atomic E-state index is 0.0270. The lowest BCUT2D eigenvalue weighted by Crippen LogP contribution is -2.30. The van der Waals surface area contributed by atoms with Crippen molar-refractivity contribution in [3.63, 3.8) is 0 Å². The Balaban J connectivity index is 1.58. The lowest BCUT2D eigenvalue weighted by atomic mass is 10.1. The van der Waals surface area contributed by atoms with Crippen LogP contribution in [0.15, 0.2) is 78.9 Å². The van der Waals surface area contributed by atoms with Crippen molar-refractivity contribution in [1.29, 1.82) is 0 Å². The van der Waals surface area contributed by atoms with E-state index in [1.54, 1.807) is 47.4 Å². The van der Waals surface area contributed by atoms with Crippen LogP contribution in [0.2, 0.25) is 0 Å². The zero-order chi connectivity index (χ0) is 22.2. The summed E-state index contributed by atoms with van der Waals surface area (Å²) in [5.41, 5.74) is 8.17. The normalized spacial score (nSPS) is 10.2. The Bertz CT molecular complexity index is 1070. The third kappa shape index (κ3) is 5.70. The number of nitrogens with two attached hydrogens (primary N) is 1. The molecule has 0 bridgehead atoms. The zero-order valence-corrected chi connectivity index (χ0v) is 17.2. The van der Waals surface area contributed by atoms with Gasteiger partial charge in [0, 0.05) is 34.7 Å². The molecule has 3 aromatic carbocycles. The summed E-state index contributed by atoms with van der Waals surface area (Å²) >= 11 is 0. The molecule has 7 heteroatoms. The third-order valence-corrected chi connectivity index (χ3v) is 4.65. The van der Waals surface area contributed by atoms with Crippen molar-refractivity contribution in [3.8, 4) is 0 Å². The predicted octanol–water partition coefficient (Wildman–Crippen LogP) is 3.50. The van der Waals surface area contributed by atoms with Gasteiger partial charge in [0.25, 0.3) is 5.91 Å². The van der Waals surface area contributed by atoms with Crippen molar-refractivity contribution in [2.24, 2.45) is 5.73 Å². The second-order valence-electron chi connectivity index (χ2n) is 6.81. The second-order valence-corrected chi connectivity index (χ2v) is 6.81. The number of carbonyl (C=O) groups is 3. The van der Waals surface area contributed by atoms with Gasteiger partial charge in [-0.2, -0.15) is 0 Å². The molecular formula is C24H24N4O3. The van der Waals surface area contributed by atoms with Gasteiger partial charge < -0.3 is 21.3 Å². The molecule has 0 spiro atoms. The fraction of sp³-hybridized carbons (Fsp3) is 0.125. The SMILES string of the molecule is CCN(C(=O)c1ccc(NCC(=O)Nc2cccc(C(N)=O)c2)cc1)c1ccccc1. The Morgan fingerprint density at radius 1 is 0.839 bits per heavy atom. The average Bonchev–Trinajstić information content (AvgIpc) is 2.79. The van der Waals surface area contributed by atoms with Gasteiger partial charge in [-0.05, 0) is 61.5 Å². The first-order chi connectivity index (χ1) is 15.0. The Kier molecular flexibility index (Phi) is 7.01. The van der Waals surface area contributed by atoms with E-state index in [2.05, 4.69) is 10.6 Å². The summed E-state index contributed by atoms with van der Waals surface area (Å²) in [6.07, 6.45) is 0. The first-order valence-electron chi connectivity index (χ1n) is 9.88. The number of benzene rings is 3. The monoisotopic (exact) mass is 416 g/mol. The average molecular weight is 416 g/mol. The molecule has 0 aliphatic heterocycles. The van der Waals surface area contributed by atoms with Crippen LogP contribution in [0.25, 0.3) is 0 Å². The molecule has 0 saturated heterocycles. The van der Waals surface area contributed by atoms with Gasteiger partial charge in [0.2, 0.25) is 11.8 Å². The van der Waals surface area contributed by atoms with Gasteiger partial charge in [0.15, 0.2) is 0 Å². The van der Waals surface area contributed by atoms with Crippen molar-refractivity contribution in [3.05, 3.63) is 90.0 Å². The molecule has 7 nitrogen and oxygen atoms in total. The molecule has 0 atom stereocenters. The van der Waals surface area contributed by atoms with Crippen LogP contribution in [0.4, 0.5) is 17.1 Å². The van der Waals surface area contributed by atoms with Crippen LogP contribution in [0, 0.1) is 0 Å². The van der Waals surface area contributed by atoms with Crippen LogP contribution in [-0.4, -0.2) is 30.8 Å². The second kappa shape index (κ2) is 10.1.